The van der Waals surface area contributed by atoms with Gasteiger partial charge in [-0.3, -0.25) is 4.79 Å². The molecule has 0 spiro atoms. The van der Waals surface area contributed by atoms with Crippen molar-refractivity contribution in [1.82, 2.24) is 5.32 Å². The van der Waals surface area contributed by atoms with Crippen LogP contribution in [0.15, 0.2) is 24.3 Å². The van der Waals surface area contributed by atoms with Gasteiger partial charge in [0.15, 0.2) is 0 Å². The molecule has 1 fully saturated rings. The van der Waals surface area contributed by atoms with Gasteiger partial charge in [-0.25, -0.2) is 0 Å². The zero-order valence-electron chi connectivity index (χ0n) is 14.5. The highest BCUT2D eigenvalue weighted by Gasteiger charge is 2.28. The number of benzene rings is 1. The topological polar surface area (TPSA) is 64.4 Å². The van der Waals surface area contributed by atoms with Gasteiger partial charge >= 0.3 is 0 Å². The van der Waals surface area contributed by atoms with E-state index in [-0.39, 0.29) is 17.9 Å². The molecule has 23 heavy (non-hydrogen) atoms. The lowest BCUT2D eigenvalue weighted by atomic mass is 9.89. The summed E-state index contributed by atoms with van der Waals surface area (Å²) < 4.78 is 6.00. The van der Waals surface area contributed by atoms with Gasteiger partial charge in [0.05, 0.1) is 12.1 Å². The van der Waals surface area contributed by atoms with Gasteiger partial charge in [0.2, 0.25) is 5.91 Å². The van der Waals surface area contributed by atoms with Crippen LogP contribution in [0.1, 0.15) is 50.3 Å². The first-order chi connectivity index (χ1) is 11.0. The summed E-state index contributed by atoms with van der Waals surface area (Å²) in [4.78, 5) is 12.2. The number of nitrogens with two attached hydrogens (primary N) is 1. The molecule has 0 aliphatic carbocycles. The van der Waals surface area contributed by atoms with Crippen LogP contribution in [0.5, 0.6) is 0 Å². The van der Waals surface area contributed by atoms with Gasteiger partial charge in [0.25, 0.3) is 0 Å². The Labute approximate surface area is 139 Å². The first-order valence-corrected chi connectivity index (χ1v) is 8.74. The van der Waals surface area contributed by atoms with Crippen molar-refractivity contribution in [2.75, 3.05) is 13.2 Å². The second-order valence-electron chi connectivity index (χ2n) is 6.76. The molecule has 1 aromatic rings. The molecular weight excluding hydrogens is 288 g/mol. The Hall–Kier alpha value is -1.39. The van der Waals surface area contributed by atoms with Gasteiger partial charge in [0.1, 0.15) is 0 Å². The van der Waals surface area contributed by atoms with Crippen LogP contribution in [0.25, 0.3) is 0 Å². The lowest BCUT2D eigenvalue weighted by Gasteiger charge is -2.32. The number of carbonyl (C=O) groups is 1. The number of aryl methyl sites for hydroxylation is 1. The van der Waals surface area contributed by atoms with Crippen molar-refractivity contribution >= 4 is 5.91 Å². The third-order valence-corrected chi connectivity index (χ3v) is 4.95. The first-order valence-electron chi connectivity index (χ1n) is 8.74. The Kier molecular flexibility index (Phi) is 6.60. The first kappa shape index (κ1) is 18.0. The lowest BCUT2D eigenvalue weighted by molar-refractivity contribution is -0.124. The third kappa shape index (κ3) is 4.79. The quantitative estimate of drug-likeness (QED) is 0.847. The maximum Gasteiger partial charge on any atom is 0.237 e. The summed E-state index contributed by atoms with van der Waals surface area (Å²) in [7, 11) is 0. The van der Waals surface area contributed by atoms with Gasteiger partial charge in [-0.05, 0) is 31.2 Å². The molecule has 4 unspecified atom stereocenters. The zero-order chi connectivity index (χ0) is 16.8. The normalized spacial score (nSPS) is 24.0. The van der Waals surface area contributed by atoms with E-state index >= 15 is 0 Å². The smallest absolute Gasteiger partial charge is 0.237 e. The minimum atomic E-state index is -0.428. The number of hydrogen-bond donors (Lipinski definition) is 2. The van der Waals surface area contributed by atoms with Crippen LogP contribution >= 0.6 is 0 Å². The summed E-state index contributed by atoms with van der Waals surface area (Å²) in [6, 6.07) is 8.06. The van der Waals surface area contributed by atoms with E-state index in [4.69, 9.17) is 10.5 Å². The molecule has 128 valence electrons. The van der Waals surface area contributed by atoms with Crippen LogP contribution in [0, 0.1) is 18.8 Å². The summed E-state index contributed by atoms with van der Waals surface area (Å²) in [5, 5.41) is 3.03. The number of amides is 1. The van der Waals surface area contributed by atoms with Gasteiger partial charge in [0, 0.05) is 19.1 Å². The van der Waals surface area contributed by atoms with Crippen molar-refractivity contribution in [2.24, 2.45) is 17.6 Å². The molecule has 0 radical (unpaired) electrons. The molecular formula is C19H30N2O2. The minimum Gasteiger partial charge on any atom is -0.373 e. The molecule has 1 saturated heterocycles. The predicted octanol–water partition coefficient (Wildman–Crippen LogP) is 2.95. The monoisotopic (exact) mass is 318 g/mol. The minimum absolute atomic E-state index is 0.0485. The number of carbonyl (C=O) groups excluding carboxylic acids is 1. The molecule has 0 bridgehead atoms. The van der Waals surface area contributed by atoms with E-state index in [1.165, 1.54) is 11.1 Å². The Bertz CT molecular complexity index is 501. The van der Waals surface area contributed by atoms with E-state index in [0.717, 1.165) is 25.9 Å². The van der Waals surface area contributed by atoms with Crippen LogP contribution < -0.4 is 11.1 Å². The molecule has 4 atom stereocenters. The Morgan fingerprint density at radius 2 is 2.09 bits per heavy atom. The van der Waals surface area contributed by atoms with Gasteiger partial charge < -0.3 is 15.8 Å². The van der Waals surface area contributed by atoms with E-state index in [9.17, 15) is 4.79 Å². The van der Waals surface area contributed by atoms with Crippen LogP contribution in [-0.4, -0.2) is 25.1 Å². The zero-order valence-corrected chi connectivity index (χ0v) is 14.5. The van der Waals surface area contributed by atoms with Crippen LogP contribution in [-0.2, 0) is 9.53 Å². The molecule has 3 N–H and O–H groups in total. The Morgan fingerprint density at radius 1 is 1.39 bits per heavy atom. The van der Waals surface area contributed by atoms with E-state index in [1.807, 2.05) is 6.92 Å². The van der Waals surface area contributed by atoms with E-state index in [1.54, 1.807) is 0 Å². The average Bonchev–Trinajstić information content (AvgIpc) is 2.59. The fourth-order valence-electron chi connectivity index (χ4n) is 3.04. The fourth-order valence-corrected chi connectivity index (χ4v) is 3.04. The molecule has 0 aromatic heterocycles. The summed E-state index contributed by atoms with van der Waals surface area (Å²) in [6.07, 6.45) is 3.08. The van der Waals surface area contributed by atoms with Gasteiger partial charge in [-0.2, -0.15) is 0 Å². The summed E-state index contributed by atoms with van der Waals surface area (Å²) >= 11 is 0. The van der Waals surface area contributed by atoms with Crippen molar-refractivity contribution in [3.63, 3.8) is 0 Å². The molecule has 1 heterocycles. The van der Waals surface area contributed by atoms with Crippen molar-refractivity contribution < 1.29 is 9.53 Å². The van der Waals surface area contributed by atoms with Crippen molar-refractivity contribution in [3.8, 4) is 0 Å². The molecule has 1 aromatic carbocycles. The predicted molar refractivity (Wildman–Crippen MR) is 93.0 cm³/mol. The van der Waals surface area contributed by atoms with Crippen LogP contribution in [0.2, 0.25) is 0 Å². The fraction of sp³-hybridized carbons (Fsp3) is 0.632. The molecule has 1 aliphatic rings. The average molecular weight is 318 g/mol. The maximum absolute atomic E-state index is 12.2. The molecule has 4 heteroatoms. The van der Waals surface area contributed by atoms with E-state index < -0.39 is 6.04 Å². The summed E-state index contributed by atoms with van der Waals surface area (Å²) in [6.45, 7) is 7.57. The largest absolute Gasteiger partial charge is 0.373 e. The highest BCUT2D eigenvalue weighted by Crippen LogP contribution is 2.33. The molecule has 1 amide bonds. The Morgan fingerprint density at radius 3 is 2.74 bits per heavy atom. The molecule has 1 aliphatic heterocycles. The molecule has 4 nitrogen and oxygen atoms in total. The summed E-state index contributed by atoms with van der Waals surface area (Å²) in [5.74, 6) is 0.456. The maximum atomic E-state index is 12.2. The second-order valence-corrected chi connectivity index (χ2v) is 6.76. The second kappa shape index (κ2) is 8.46. The Balaban J connectivity index is 1.96. The number of rotatable bonds is 6. The van der Waals surface area contributed by atoms with Crippen LogP contribution in [0.3, 0.4) is 0 Å². The van der Waals surface area contributed by atoms with Crippen molar-refractivity contribution in [2.45, 2.75) is 52.2 Å². The van der Waals surface area contributed by atoms with Gasteiger partial charge in [-0.15, -0.1) is 0 Å². The van der Waals surface area contributed by atoms with Crippen LogP contribution in [0.4, 0.5) is 0 Å². The molecule has 2 rings (SSSR count). The lowest BCUT2D eigenvalue weighted by Crippen LogP contribution is -2.46. The summed E-state index contributed by atoms with van der Waals surface area (Å²) in [5.41, 5.74) is 8.45. The number of hydrogen-bond acceptors (Lipinski definition) is 3. The number of ether oxygens (including phenoxy) is 1. The standard InChI is InChI=1S/C19H30N2O2/c1-4-14(3)17(20)19(22)21-12-16-6-5-11-23-18(16)15-9-7-13(2)8-10-15/h7-10,14,16-18H,4-6,11-12,20H2,1-3H3,(H,21,22). The number of nitrogens with one attached hydrogen (secondary N) is 1. The highest BCUT2D eigenvalue weighted by molar-refractivity contribution is 5.81. The van der Waals surface area contributed by atoms with Crippen molar-refractivity contribution in [3.05, 3.63) is 35.4 Å². The third-order valence-electron chi connectivity index (χ3n) is 4.95. The van der Waals surface area contributed by atoms with E-state index in [0.29, 0.717) is 12.5 Å². The van der Waals surface area contributed by atoms with Gasteiger partial charge in [-0.1, -0.05) is 50.1 Å². The SMILES string of the molecule is CCC(C)C(N)C(=O)NCC1CCCOC1c1ccc(C)cc1. The molecule has 0 saturated carbocycles. The highest BCUT2D eigenvalue weighted by atomic mass is 16.5. The van der Waals surface area contributed by atoms with Crippen molar-refractivity contribution in [1.29, 1.82) is 0 Å². The van der Waals surface area contributed by atoms with E-state index in [2.05, 4.69) is 43.4 Å².